The van der Waals surface area contributed by atoms with E-state index < -0.39 is 0 Å². The fourth-order valence-electron chi connectivity index (χ4n) is 2.51. The Morgan fingerprint density at radius 1 is 1.21 bits per heavy atom. The summed E-state index contributed by atoms with van der Waals surface area (Å²) < 4.78 is 11.2. The van der Waals surface area contributed by atoms with Crippen LogP contribution in [0.1, 0.15) is 18.4 Å². The van der Waals surface area contributed by atoms with Gasteiger partial charge in [-0.05, 0) is 55.5 Å². The van der Waals surface area contributed by atoms with Crippen molar-refractivity contribution in [2.75, 3.05) is 6.61 Å². The molecule has 24 heavy (non-hydrogen) atoms. The van der Waals surface area contributed by atoms with E-state index in [1.165, 1.54) is 12.8 Å². The lowest BCUT2D eigenvalue weighted by Crippen LogP contribution is -1.99. The maximum Gasteiger partial charge on any atom is 0.258 e. The Bertz CT molecular complexity index is 871. The van der Waals surface area contributed by atoms with Gasteiger partial charge in [-0.3, -0.25) is 0 Å². The van der Waals surface area contributed by atoms with Gasteiger partial charge in [0.15, 0.2) is 0 Å². The molecule has 4 rings (SSSR count). The number of halogens is 1. The van der Waals surface area contributed by atoms with E-state index >= 15 is 0 Å². The molecule has 0 N–H and O–H groups in total. The summed E-state index contributed by atoms with van der Waals surface area (Å²) in [5, 5.41) is 4.64. The Hall–Kier alpha value is -2.33. The van der Waals surface area contributed by atoms with Crippen molar-refractivity contribution in [3.05, 3.63) is 53.1 Å². The number of aromatic nitrogens is 2. The summed E-state index contributed by atoms with van der Waals surface area (Å²) in [6.07, 6.45) is 2.50. The molecule has 1 aromatic heterocycles. The van der Waals surface area contributed by atoms with E-state index in [0.717, 1.165) is 23.3 Å². The molecule has 0 atom stereocenters. The van der Waals surface area contributed by atoms with Crippen molar-refractivity contribution >= 4 is 11.6 Å². The second-order valence-corrected chi connectivity index (χ2v) is 6.54. The quantitative estimate of drug-likeness (QED) is 0.644. The molecule has 5 heteroatoms. The van der Waals surface area contributed by atoms with Crippen molar-refractivity contribution in [3.63, 3.8) is 0 Å². The second kappa shape index (κ2) is 6.29. The van der Waals surface area contributed by atoms with Crippen LogP contribution >= 0.6 is 11.6 Å². The maximum atomic E-state index is 6.32. The van der Waals surface area contributed by atoms with Gasteiger partial charge < -0.3 is 9.26 Å². The lowest BCUT2D eigenvalue weighted by Gasteiger charge is -2.07. The highest BCUT2D eigenvalue weighted by Crippen LogP contribution is 2.34. The van der Waals surface area contributed by atoms with Gasteiger partial charge in [-0.15, -0.1) is 0 Å². The van der Waals surface area contributed by atoms with Gasteiger partial charge in [-0.1, -0.05) is 35.0 Å². The fourth-order valence-corrected chi connectivity index (χ4v) is 2.75. The van der Waals surface area contributed by atoms with Crippen LogP contribution in [-0.4, -0.2) is 16.7 Å². The van der Waals surface area contributed by atoms with Crippen LogP contribution in [0, 0.1) is 12.8 Å². The van der Waals surface area contributed by atoms with Crippen LogP contribution in [0.2, 0.25) is 5.02 Å². The molecule has 2 aromatic carbocycles. The van der Waals surface area contributed by atoms with Gasteiger partial charge in [-0.2, -0.15) is 4.98 Å². The van der Waals surface area contributed by atoms with Gasteiger partial charge in [0.05, 0.1) is 11.6 Å². The van der Waals surface area contributed by atoms with E-state index in [1.54, 1.807) is 0 Å². The summed E-state index contributed by atoms with van der Waals surface area (Å²) in [6, 6.07) is 13.5. The highest BCUT2D eigenvalue weighted by molar-refractivity contribution is 6.32. The fraction of sp³-hybridized carbons (Fsp3) is 0.263. The molecule has 1 saturated carbocycles. The summed E-state index contributed by atoms with van der Waals surface area (Å²) in [5.74, 6) is 2.42. The molecule has 4 nitrogen and oxygen atoms in total. The van der Waals surface area contributed by atoms with E-state index in [1.807, 2.05) is 49.4 Å². The van der Waals surface area contributed by atoms with Gasteiger partial charge in [0.25, 0.3) is 5.89 Å². The van der Waals surface area contributed by atoms with Gasteiger partial charge in [-0.25, -0.2) is 0 Å². The summed E-state index contributed by atoms with van der Waals surface area (Å²) in [7, 11) is 0. The second-order valence-electron chi connectivity index (χ2n) is 6.14. The Balaban J connectivity index is 1.57. The molecule has 0 spiro atoms. The molecule has 0 radical (unpaired) electrons. The van der Waals surface area contributed by atoms with Crippen LogP contribution in [0.25, 0.3) is 22.8 Å². The average Bonchev–Trinajstić information content (AvgIpc) is 3.29. The van der Waals surface area contributed by atoms with Gasteiger partial charge in [0, 0.05) is 11.1 Å². The van der Waals surface area contributed by atoms with Crippen molar-refractivity contribution in [3.8, 4) is 28.6 Å². The Kier molecular flexibility index (Phi) is 3.98. The predicted octanol–water partition coefficient (Wildman–Crippen LogP) is 5.15. The molecule has 1 fully saturated rings. The van der Waals surface area contributed by atoms with E-state index in [2.05, 4.69) is 10.1 Å². The molecule has 0 saturated heterocycles. The third-order valence-corrected chi connectivity index (χ3v) is 4.46. The first-order valence-corrected chi connectivity index (χ1v) is 8.41. The van der Waals surface area contributed by atoms with Crippen LogP contribution in [-0.2, 0) is 0 Å². The SMILES string of the molecule is Cc1ccccc1-c1nc(-c2ccc(OCC3CC3)c(Cl)c2)no1. The predicted molar refractivity (Wildman–Crippen MR) is 93.1 cm³/mol. The minimum Gasteiger partial charge on any atom is -0.492 e. The van der Waals surface area contributed by atoms with E-state index in [0.29, 0.717) is 28.4 Å². The first-order valence-electron chi connectivity index (χ1n) is 8.03. The number of rotatable bonds is 5. The third kappa shape index (κ3) is 3.15. The molecular weight excluding hydrogens is 324 g/mol. The number of aryl methyl sites for hydroxylation is 1. The molecule has 1 heterocycles. The first-order chi connectivity index (χ1) is 11.7. The van der Waals surface area contributed by atoms with Crippen molar-refractivity contribution in [2.45, 2.75) is 19.8 Å². The molecular formula is C19H17ClN2O2. The highest BCUT2D eigenvalue weighted by Gasteiger charge is 2.22. The Labute approximate surface area is 145 Å². The van der Waals surface area contributed by atoms with E-state index in [4.69, 9.17) is 20.9 Å². The topological polar surface area (TPSA) is 48.2 Å². The number of nitrogens with zero attached hydrogens (tertiary/aromatic N) is 2. The van der Waals surface area contributed by atoms with E-state index in [9.17, 15) is 0 Å². The lowest BCUT2D eigenvalue weighted by molar-refractivity contribution is 0.300. The van der Waals surface area contributed by atoms with E-state index in [-0.39, 0.29) is 0 Å². The molecule has 0 amide bonds. The number of benzene rings is 2. The lowest BCUT2D eigenvalue weighted by atomic mass is 10.1. The zero-order valence-corrected chi connectivity index (χ0v) is 14.1. The summed E-state index contributed by atoms with van der Waals surface area (Å²) in [4.78, 5) is 4.49. The van der Waals surface area contributed by atoms with Gasteiger partial charge in [0.2, 0.25) is 5.82 Å². The van der Waals surface area contributed by atoms with Crippen molar-refractivity contribution in [1.29, 1.82) is 0 Å². The average molecular weight is 341 g/mol. The van der Waals surface area contributed by atoms with Crippen LogP contribution in [0.15, 0.2) is 47.0 Å². The zero-order valence-electron chi connectivity index (χ0n) is 13.3. The Morgan fingerprint density at radius 2 is 2.04 bits per heavy atom. The molecule has 3 aromatic rings. The molecule has 0 unspecified atom stereocenters. The zero-order chi connectivity index (χ0) is 16.5. The largest absolute Gasteiger partial charge is 0.492 e. The van der Waals surface area contributed by atoms with Crippen LogP contribution in [0.5, 0.6) is 5.75 Å². The summed E-state index contributed by atoms with van der Waals surface area (Å²) in [5.41, 5.74) is 2.84. The van der Waals surface area contributed by atoms with Crippen LogP contribution in [0.3, 0.4) is 0 Å². The maximum absolute atomic E-state index is 6.32. The van der Waals surface area contributed by atoms with Gasteiger partial charge in [0.1, 0.15) is 5.75 Å². The monoisotopic (exact) mass is 340 g/mol. The Morgan fingerprint density at radius 3 is 2.79 bits per heavy atom. The smallest absolute Gasteiger partial charge is 0.258 e. The summed E-state index contributed by atoms with van der Waals surface area (Å²) in [6.45, 7) is 2.75. The first kappa shape index (κ1) is 15.2. The van der Waals surface area contributed by atoms with Crippen molar-refractivity contribution in [1.82, 2.24) is 10.1 Å². The molecule has 0 bridgehead atoms. The minimum atomic E-state index is 0.508. The number of hydrogen-bond acceptors (Lipinski definition) is 4. The van der Waals surface area contributed by atoms with Crippen LogP contribution in [0.4, 0.5) is 0 Å². The van der Waals surface area contributed by atoms with Crippen LogP contribution < -0.4 is 4.74 Å². The number of hydrogen-bond donors (Lipinski definition) is 0. The van der Waals surface area contributed by atoms with Gasteiger partial charge >= 0.3 is 0 Å². The molecule has 122 valence electrons. The highest BCUT2D eigenvalue weighted by atomic mass is 35.5. The third-order valence-electron chi connectivity index (χ3n) is 4.16. The normalized spacial score (nSPS) is 13.9. The van der Waals surface area contributed by atoms with Crippen molar-refractivity contribution in [2.24, 2.45) is 5.92 Å². The number of ether oxygens (including phenoxy) is 1. The summed E-state index contributed by atoms with van der Waals surface area (Å²) >= 11 is 6.32. The standard InChI is InChI=1S/C19H17ClN2O2/c1-12-4-2-3-5-15(12)19-21-18(22-24-19)14-8-9-17(16(20)10-14)23-11-13-6-7-13/h2-5,8-10,13H,6-7,11H2,1H3. The molecule has 1 aliphatic carbocycles. The minimum absolute atomic E-state index is 0.508. The molecule has 1 aliphatic rings. The van der Waals surface area contributed by atoms with Crippen molar-refractivity contribution < 1.29 is 9.26 Å². The molecule has 0 aliphatic heterocycles.